The molecule has 3 heteroatoms. The Balaban J connectivity index is 2.72. The van der Waals surface area contributed by atoms with Crippen molar-refractivity contribution in [1.29, 1.82) is 0 Å². The molecule has 4 atom stereocenters. The lowest BCUT2D eigenvalue weighted by molar-refractivity contribution is -0.241. The molecule has 0 radical (unpaired) electrons. The number of rotatable bonds is 1. The molecule has 1 fully saturated rings. The van der Waals surface area contributed by atoms with E-state index in [4.69, 9.17) is 9.47 Å². The molecule has 0 aromatic heterocycles. The fourth-order valence-corrected chi connectivity index (χ4v) is 1.71. The van der Waals surface area contributed by atoms with Crippen LogP contribution in [0.4, 0.5) is 0 Å². The van der Waals surface area contributed by atoms with Crippen molar-refractivity contribution >= 4 is 0 Å². The SMILES string of the molecule is CO[C@]1(C)C[C@H](O)O[C@@H](C)[C@@H]1C. The van der Waals surface area contributed by atoms with Crippen molar-refractivity contribution in [1.82, 2.24) is 0 Å². The van der Waals surface area contributed by atoms with Crippen molar-refractivity contribution in [3.8, 4) is 0 Å². The van der Waals surface area contributed by atoms with Crippen LogP contribution in [0.25, 0.3) is 0 Å². The van der Waals surface area contributed by atoms with E-state index in [9.17, 15) is 5.11 Å². The molecule has 12 heavy (non-hydrogen) atoms. The van der Waals surface area contributed by atoms with Crippen LogP contribution in [0.1, 0.15) is 27.2 Å². The third-order valence-electron chi connectivity index (χ3n) is 3.09. The number of ether oxygens (including phenoxy) is 2. The number of hydrogen-bond donors (Lipinski definition) is 1. The van der Waals surface area contributed by atoms with Crippen LogP contribution in [0, 0.1) is 5.92 Å². The summed E-state index contributed by atoms with van der Waals surface area (Å²) in [6, 6.07) is 0. The molecule has 1 aliphatic heterocycles. The van der Waals surface area contributed by atoms with E-state index in [-0.39, 0.29) is 11.7 Å². The van der Waals surface area contributed by atoms with Gasteiger partial charge in [-0.05, 0) is 13.8 Å². The van der Waals surface area contributed by atoms with Crippen molar-refractivity contribution in [3.05, 3.63) is 0 Å². The zero-order valence-electron chi connectivity index (χ0n) is 8.20. The van der Waals surface area contributed by atoms with E-state index in [0.29, 0.717) is 12.3 Å². The summed E-state index contributed by atoms with van der Waals surface area (Å²) in [5, 5.41) is 9.36. The summed E-state index contributed by atoms with van der Waals surface area (Å²) < 4.78 is 10.7. The molecule has 1 saturated heterocycles. The molecule has 0 bridgehead atoms. The number of hydrogen-bond acceptors (Lipinski definition) is 3. The summed E-state index contributed by atoms with van der Waals surface area (Å²) in [5.41, 5.74) is -0.253. The quantitative estimate of drug-likeness (QED) is 0.648. The Kier molecular flexibility index (Phi) is 2.76. The smallest absolute Gasteiger partial charge is 0.157 e. The van der Waals surface area contributed by atoms with Gasteiger partial charge in [-0.3, -0.25) is 0 Å². The van der Waals surface area contributed by atoms with Crippen molar-refractivity contribution in [2.45, 2.75) is 45.2 Å². The topological polar surface area (TPSA) is 38.7 Å². The highest BCUT2D eigenvalue weighted by molar-refractivity contribution is 4.89. The van der Waals surface area contributed by atoms with Gasteiger partial charge in [-0.2, -0.15) is 0 Å². The van der Waals surface area contributed by atoms with E-state index in [1.165, 1.54) is 0 Å². The maximum atomic E-state index is 9.36. The first-order valence-electron chi connectivity index (χ1n) is 4.38. The Morgan fingerprint density at radius 2 is 2.08 bits per heavy atom. The van der Waals surface area contributed by atoms with Gasteiger partial charge in [-0.1, -0.05) is 6.92 Å². The zero-order valence-corrected chi connectivity index (χ0v) is 8.20. The Morgan fingerprint density at radius 3 is 2.58 bits per heavy atom. The van der Waals surface area contributed by atoms with Gasteiger partial charge in [0.15, 0.2) is 6.29 Å². The van der Waals surface area contributed by atoms with Crippen molar-refractivity contribution in [2.24, 2.45) is 5.92 Å². The Morgan fingerprint density at radius 1 is 1.50 bits per heavy atom. The largest absolute Gasteiger partial charge is 0.378 e. The van der Waals surface area contributed by atoms with Crippen LogP contribution >= 0.6 is 0 Å². The molecule has 72 valence electrons. The first-order chi connectivity index (χ1) is 5.49. The predicted octanol–water partition coefficient (Wildman–Crippen LogP) is 1.15. The van der Waals surface area contributed by atoms with Crippen molar-refractivity contribution in [3.63, 3.8) is 0 Å². The molecule has 0 aromatic rings. The van der Waals surface area contributed by atoms with Crippen LogP contribution in [-0.2, 0) is 9.47 Å². The summed E-state index contributed by atoms with van der Waals surface area (Å²) >= 11 is 0. The van der Waals surface area contributed by atoms with E-state index in [1.807, 2.05) is 13.8 Å². The first kappa shape index (κ1) is 9.96. The molecule has 3 nitrogen and oxygen atoms in total. The second-order valence-corrected chi connectivity index (χ2v) is 3.81. The van der Waals surface area contributed by atoms with Crippen LogP contribution in [0.15, 0.2) is 0 Å². The molecule has 1 rings (SSSR count). The maximum absolute atomic E-state index is 9.36. The molecule has 0 unspecified atom stereocenters. The van der Waals surface area contributed by atoms with E-state index in [2.05, 4.69) is 6.92 Å². The van der Waals surface area contributed by atoms with Gasteiger partial charge < -0.3 is 14.6 Å². The maximum Gasteiger partial charge on any atom is 0.157 e. The van der Waals surface area contributed by atoms with Gasteiger partial charge in [0, 0.05) is 19.4 Å². The summed E-state index contributed by atoms with van der Waals surface area (Å²) in [5.74, 6) is 0.311. The van der Waals surface area contributed by atoms with Gasteiger partial charge in [0.1, 0.15) is 0 Å². The summed E-state index contributed by atoms with van der Waals surface area (Å²) in [6.07, 6.45) is -0.0745. The van der Waals surface area contributed by atoms with Gasteiger partial charge in [-0.25, -0.2) is 0 Å². The summed E-state index contributed by atoms with van der Waals surface area (Å²) in [4.78, 5) is 0. The van der Waals surface area contributed by atoms with Gasteiger partial charge in [0.05, 0.1) is 11.7 Å². The van der Waals surface area contributed by atoms with Gasteiger partial charge in [0.25, 0.3) is 0 Å². The summed E-state index contributed by atoms with van der Waals surface area (Å²) in [7, 11) is 1.68. The zero-order chi connectivity index (χ0) is 9.35. The lowest BCUT2D eigenvalue weighted by Gasteiger charge is -2.44. The van der Waals surface area contributed by atoms with Crippen LogP contribution in [0.2, 0.25) is 0 Å². The molecule has 1 aliphatic rings. The molecule has 0 amide bonds. The lowest BCUT2D eigenvalue weighted by Crippen LogP contribution is -2.50. The highest BCUT2D eigenvalue weighted by Crippen LogP contribution is 2.35. The molecule has 0 aliphatic carbocycles. The molecule has 1 heterocycles. The average Bonchev–Trinajstić information content (AvgIpc) is 2.00. The number of methoxy groups -OCH3 is 1. The minimum absolute atomic E-state index is 0.0544. The minimum Gasteiger partial charge on any atom is -0.378 e. The van der Waals surface area contributed by atoms with Gasteiger partial charge in [-0.15, -0.1) is 0 Å². The Labute approximate surface area is 73.7 Å². The standard InChI is InChI=1S/C9H18O3/c1-6-7(2)12-8(10)5-9(6,3)11-4/h6-8,10H,5H2,1-4H3/t6-,7-,8+,9+/m0/s1. The fourth-order valence-electron chi connectivity index (χ4n) is 1.71. The summed E-state index contributed by atoms with van der Waals surface area (Å²) in [6.45, 7) is 6.06. The molecule has 0 spiro atoms. The normalized spacial score (nSPS) is 49.2. The van der Waals surface area contributed by atoms with Crippen LogP contribution in [0.5, 0.6) is 0 Å². The van der Waals surface area contributed by atoms with E-state index >= 15 is 0 Å². The molecule has 0 saturated carbocycles. The number of aliphatic hydroxyl groups excluding tert-OH is 1. The van der Waals surface area contributed by atoms with Crippen LogP contribution in [0.3, 0.4) is 0 Å². The molecular weight excluding hydrogens is 156 g/mol. The van der Waals surface area contributed by atoms with Gasteiger partial charge >= 0.3 is 0 Å². The highest BCUT2D eigenvalue weighted by Gasteiger charge is 2.42. The van der Waals surface area contributed by atoms with E-state index in [1.54, 1.807) is 7.11 Å². The Bertz CT molecular complexity index is 160. The minimum atomic E-state index is -0.679. The van der Waals surface area contributed by atoms with Crippen molar-refractivity contribution in [2.75, 3.05) is 7.11 Å². The molecule has 0 aromatic carbocycles. The highest BCUT2D eigenvalue weighted by atomic mass is 16.6. The fraction of sp³-hybridized carbons (Fsp3) is 1.00. The average molecular weight is 174 g/mol. The second-order valence-electron chi connectivity index (χ2n) is 3.81. The first-order valence-corrected chi connectivity index (χ1v) is 4.38. The third kappa shape index (κ3) is 1.63. The van der Waals surface area contributed by atoms with Gasteiger partial charge in [0.2, 0.25) is 0 Å². The lowest BCUT2D eigenvalue weighted by atomic mass is 9.81. The monoisotopic (exact) mass is 174 g/mol. The predicted molar refractivity (Wildman–Crippen MR) is 45.7 cm³/mol. The molecule has 1 N–H and O–H groups in total. The Hall–Kier alpha value is -0.120. The van der Waals surface area contributed by atoms with Crippen LogP contribution in [-0.4, -0.2) is 30.2 Å². The third-order valence-corrected chi connectivity index (χ3v) is 3.09. The van der Waals surface area contributed by atoms with Crippen molar-refractivity contribution < 1.29 is 14.6 Å². The molecular formula is C9H18O3. The second kappa shape index (κ2) is 3.32. The van der Waals surface area contributed by atoms with E-state index in [0.717, 1.165) is 0 Å². The number of aliphatic hydroxyl groups is 1. The van der Waals surface area contributed by atoms with E-state index < -0.39 is 6.29 Å². The van der Waals surface area contributed by atoms with Crippen LogP contribution < -0.4 is 0 Å².